The molecule has 0 aliphatic heterocycles. The monoisotopic (exact) mass is 552 g/mol. The van der Waals surface area contributed by atoms with Gasteiger partial charge < -0.3 is 18.4 Å². The average Bonchev–Trinajstić information content (AvgIpc) is 3.59. The molecule has 204 valence electrons. The minimum atomic E-state index is -2.59. The van der Waals surface area contributed by atoms with Crippen molar-refractivity contribution in [3.8, 4) is 0 Å². The first-order valence-electron chi connectivity index (χ1n) is 13.1. The van der Waals surface area contributed by atoms with Gasteiger partial charge in [0.2, 0.25) is 0 Å². The Morgan fingerprint density at radius 2 is 1.48 bits per heavy atom. The summed E-state index contributed by atoms with van der Waals surface area (Å²) in [6.45, 7) is 7.25. The Hall–Kier alpha value is -4.24. The number of hydrogen-bond donors (Lipinski definition) is 2. The third-order valence-electron chi connectivity index (χ3n) is 6.94. The summed E-state index contributed by atoms with van der Waals surface area (Å²) in [6, 6.07) is 32.3. The Morgan fingerprint density at radius 1 is 0.850 bits per heavy atom. The maximum absolute atomic E-state index is 11.5. The Bertz CT molecular complexity index is 1710. The molecule has 4 aromatic carbocycles. The molecule has 0 spiro atoms. The molecule has 8 heteroatoms. The number of rotatable bonds is 6. The molecule has 2 heterocycles. The second-order valence-corrected chi connectivity index (χ2v) is 14.9. The van der Waals surface area contributed by atoms with Crippen molar-refractivity contribution in [1.29, 1.82) is 0 Å². The molecule has 40 heavy (non-hydrogen) atoms. The molecule has 0 fully saturated rings. The molecule has 0 amide bonds. The molecule has 0 aliphatic carbocycles. The summed E-state index contributed by atoms with van der Waals surface area (Å²) >= 11 is 0. The van der Waals surface area contributed by atoms with E-state index in [1.165, 1.54) is 16.8 Å². The summed E-state index contributed by atoms with van der Waals surface area (Å²) in [5.41, 5.74) is 4.61. The first-order valence-corrected chi connectivity index (χ1v) is 15.0. The van der Waals surface area contributed by atoms with Crippen LogP contribution in [-0.4, -0.2) is 23.4 Å². The number of nitrogens with one attached hydrogen (secondary N) is 1. The van der Waals surface area contributed by atoms with E-state index < -0.39 is 14.1 Å². The first-order chi connectivity index (χ1) is 19.3. The van der Waals surface area contributed by atoms with Gasteiger partial charge in [-0.05, 0) is 50.8 Å². The standard InChI is InChI=1S/C24H25NO3Si.C8H7NO2/c1-24(2,3)29(19-10-6-4-7-11-19,20-12-8-5-9-13-20)27-17-18-14-15-21-22(16-18)28-23(26)25-21;10-4-6-1-2-7-8(3-6)11-5-9-7/h4-16H,17H2,1-3H3,(H,25,26);1-3,5,10H,4H2. The Morgan fingerprint density at radius 3 is 2.10 bits per heavy atom. The van der Waals surface area contributed by atoms with Crippen LogP contribution in [0, 0.1) is 0 Å². The van der Waals surface area contributed by atoms with Crippen LogP contribution in [0.2, 0.25) is 5.04 Å². The Labute approximate surface area is 233 Å². The molecule has 0 saturated heterocycles. The summed E-state index contributed by atoms with van der Waals surface area (Å²) < 4.78 is 17.2. The van der Waals surface area contributed by atoms with E-state index in [4.69, 9.17) is 18.4 Å². The highest BCUT2D eigenvalue weighted by Crippen LogP contribution is 2.37. The third-order valence-corrected chi connectivity index (χ3v) is 11.9. The second kappa shape index (κ2) is 11.5. The summed E-state index contributed by atoms with van der Waals surface area (Å²) in [6.07, 6.45) is 1.39. The van der Waals surface area contributed by atoms with E-state index in [1.807, 2.05) is 42.5 Å². The zero-order valence-electron chi connectivity index (χ0n) is 22.8. The minimum Gasteiger partial charge on any atom is -0.443 e. The van der Waals surface area contributed by atoms with Crippen LogP contribution in [0.4, 0.5) is 0 Å². The van der Waals surface area contributed by atoms with E-state index in [1.54, 1.807) is 6.07 Å². The number of benzene rings is 4. The quantitative estimate of drug-likeness (QED) is 0.264. The van der Waals surface area contributed by atoms with E-state index in [-0.39, 0.29) is 11.6 Å². The summed E-state index contributed by atoms with van der Waals surface area (Å²) in [4.78, 5) is 18.1. The second-order valence-electron chi connectivity index (χ2n) is 10.6. The van der Waals surface area contributed by atoms with E-state index >= 15 is 0 Å². The van der Waals surface area contributed by atoms with Gasteiger partial charge in [0.05, 0.1) is 18.7 Å². The number of oxazole rings is 2. The van der Waals surface area contributed by atoms with Gasteiger partial charge in [0, 0.05) is 0 Å². The molecule has 0 unspecified atom stereocenters. The van der Waals surface area contributed by atoms with Crippen LogP contribution >= 0.6 is 0 Å². The predicted molar refractivity (Wildman–Crippen MR) is 159 cm³/mol. The number of aromatic amines is 1. The van der Waals surface area contributed by atoms with Crippen molar-refractivity contribution in [3.63, 3.8) is 0 Å². The number of fused-ring (bicyclic) bond motifs is 2. The van der Waals surface area contributed by atoms with Crippen LogP contribution in [0.1, 0.15) is 31.9 Å². The normalized spacial score (nSPS) is 11.9. The van der Waals surface area contributed by atoms with Gasteiger partial charge in [0.1, 0.15) is 5.52 Å². The topological polar surface area (TPSA) is 101 Å². The largest absolute Gasteiger partial charge is 0.443 e. The van der Waals surface area contributed by atoms with E-state index in [0.717, 1.165) is 22.2 Å². The molecule has 6 rings (SSSR count). The van der Waals surface area contributed by atoms with Gasteiger partial charge in [-0.3, -0.25) is 4.98 Å². The summed E-state index contributed by atoms with van der Waals surface area (Å²) in [5, 5.41) is 11.2. The number of aliphatic hydroxyl groups is 1. The van der Waals surface area contributed by atoms with E-state index in [9.17, 15) is 4.79 Å². The summed E-state index contributed by atoms with van der Waals surface area (Å²) in [7, 11) is -2.59. The van der Waals surface area contributed by atoms with Crippen LogP contribution in [0.5, 0.6) is 0 Å². The predicted octanol–water partition coefficient (Wildman–Crippen LogP) is 5.52. The number of nitrogens with zero attached hydrogens (tertiary/aromatic N) is 1. The Balaban J connectivity index is 0.000000244. The van der Waals surface area contributed by atoms with Crippen LogP contribution < -0.4 is 16.1 Å². The zero-order chi connectivity index (χ0) is 28.2. The molecule has 2 N–H and O–H groups in total. The number of aromatic nitrogens is 2. The smallest absolute Gasteiger partial charge is 0.417 e. The number of H-pyrrole nitrogens is 1. The van der Waals surface area contributed by atoms with Crippen LogP contribution in [0.3, 0.4) is 0 Å². The van der Waals surface area contributed by atoms with Gasteiger partial charge in [-0.2, -0.15) is 0 Å². The molecule has 0 saturated carbocycles. The van der Waals surface area contributed by atoms with Crippen molar-refractivity contribution >= 4 is 40.9 Å². The zero-order valence-corrected chi connectivity index (χ0v) is 23.8. The molecule has 2 aromatic heterocycles. The highest BCUT2D eigenvalue weighted by Gasteiger charge is 2.50. The SMILES string of the molecule is CC(C)(C)[Si](OCc1ccc2[nH]c(=O)oc2c1)(c1ccccc1)c1ccccc1.OCc1ccc2ncoc2c1. The van der Waals surface area contributed by atoms with Gasteiger partial charge >= 0.3 is 5.76 Å². The molecule has 6 aromatic rings. The van der Waals surface area contributed by atoms with Crippen LogP contribution in [0.15, 0.2) is 117 Å². The van der Waals surface area contributed by atoms with Crippen LogP contribution in [0.25, 0.3) is 22.2 Å². The fraction of sp³-hybridized carbons (Fsp3) is 0.188. The molecule has 0 atom stereocenters. The van der Waals surface area contributed by atoms with Crippen molar-refractivity contribution in [2.45, 2.75) is 39.0 Å². The molecule has 0 radical (unpaired) electrons. The van der Waals surface area contributed by atoms with Gasteiger partial charge in [-0.15, -0.1) is 0 Å². The Kier molecular flexibility index (Phi) is 7.84. The lowest BCUT2D eigenvalue weighted by Crippen LogP contribution is -2.66. The maximum Gasteiger partial charge on any atom is 0.417 e. The molecule has 0 aliphatic rings. The highest BCUT2D eigenvalue weighted by atomic mass is 28.4. The van der Waals surface area contributed by atoms with E-state index in [2.05, 4.69) is 79.3 Å². The van der Waals surface area contributed by atoms with Gasteiger partial charge in [0.25, 0.3) is 8.32 Å². The first kappa shape index (κ1) is 27.3. The average molecular weight is 553 g/mol. The lowest BCUT2D eigenvalue weighted by Gasteiger charge is -2.43. The maximum atomic E-state index is 11.5. The fourth-order valence-electron chi connectivity index (χ4n) is 5.03. The van der Waals surface area contributed by atoms with Gasteiger partial charge in [-0.1, -0.05) is 93.6 Å². The number of hydrogen-bond acceptors (Lipinski definition) is 6. The summed E-state index contributed by atoms with van der Waals surface area (Å²) in [5.74, 6) is -0.440. The minimum absolute atomic E-state index is 0.0383. The van der Waals surface area contributed by atoms with Crippen molar-refractivity contribution in [3.05, 3.63) is 125 Å². The highest BCUT2D eigenvalue weighted by molar-refractivity contribution is 6.99. The number of aliphatic hydroxyl groups excluding tert-OH is 1. The lowest BCUT2D eigenvalue weighted by molar-refractivity contribution is 0.282. The lowest BCUT2D eigenvalue weighted by atomic mass is 10.2. The van der Waals surface area contributed by atoms with Crippen LogP contribution in [-0.2, 0) is 17.6 Å². The van der Waals surface area contributed by atoms with Gasteiger partial charge in [0.15, 0.2) is 17.6 Å². The molecular weight excluding hydrogens is 520 g/mol. The molecular formula is C32H32N2O5Si. The van der Waals surface area contributed by atoms with Crippen molar-refractivity contribution in [2.75, 3.05) is 0 Å². The van der Waals surface area contributed by atoms with Crippen molar-refractivity contribution in [1.82, 2.24) is 9.97 Å². The van der Waals surface area contributed by atoms with Gasteiger partial charge in [-0.25, -0.2) is 9.78 Å². The van der Waals surface area contributed by atoms with E-state index in [0.29, 0.717) is 17.7 Å². The fourth-order valence-corrected chi connectivity index (χ4v) is 9.57. The van der Waals surface area contributed by atoms with Crippen molar-refractivity contribution in [2.24, 2.45) is 0 Å². The third kappa shape index (κ3) is 5.55. The molecule has 7 nitrogen and oxygen atoms in total. The molecule has 0 bridgehead atoms. The van der Waals surface area contributed by atoms with Crippen molar-refractivity contribution < 1.29 is 18.4 Å².